The Hall–Kier alpha value is -2.16. The van der Waals surface area contributed by atoms with Gasteiger partial charge in [0.1, 0.15) is 35.9 Å². The molecule has 0 amide bonds. The highest BCUT2D eigenvalue weighted by Gasteiger charge is 2.44. The van der Waals surface area contributed by atoms with Crippen molar-refractivity contribution in [2.75, 3.05) is 13.2 Å². The molecule has 164 valence electrons. The minimum absolute atomic E-state index is 0.430. The van der Waals surface area contributed by atoms with Crippen LogP contribution in [0.1, 0.15) is 26.2 Å². The maximum atomic E-state index is 10.1. The van der Waals surface area contributed by atoms with Crippen molar-refractivity contribution in [1.29, 1.82) is 0 Å². The zero-order valence-corrected chi connectivity index (χ0v) is 17.1. The smallest absolute Gasteiger partial charge is 0.229 e. The van der Waals surface area contributed by atoms with Gasteiger partial charge in [-0.25, -0.2) is 0 Å². The van der Waals surface area contributed by atoms with E-state index in [0.717, 1.165) is 36.3 Å². The Labute approximate surface area is 176 Å². The molecule has 2 aromatic carbocycles. The summed E-state index contributed by atoms with van der Waals surface area (Å²) in [5.41, 5.74) is 2.00. The number of ether oxygens (including phenoxy) is 3. The summed E-state index contributed by atoms with van der Waals surface area (Å²) in [6, 6.07) is 15.1. The van der Waals surface area contributed by atoms with Gasteiger partial charge in [0.2, 0.25) is 6.29 Å². The highest BCUT2D eigenvalue weighted by Crippen LogP contribution is 2.27. The molecule has 7 heteroatoms. The van der Waals surface area contributed by atoms with E-state index in [-0.39, 0.29) is 0 Å². The van der Waals surface area contributed by atoms with E-state index < -0.39 is 37.3 Å². The van der Waals surface area contributed by atoms with Crippen molar-refractivity contribution in [2.45, 2.75) is 56.9 Å². The molecule has 0 unspecified atom stereocenters. The molecule has 30 heavy (non-hydrogen) atoms. The molecule has 0 spiro atoms. The summed E-state index contributed by atoms with van der Waals surface area (Å²) < 4.78 is 16.7. The van der Waals surface area contributed by atoms with Crippen molar-refractivity contribution < 1.29 is 34.6 Å². The van der Waals surface area contributed by atoms with E-state index in [4.69, 9.17) is 14.2 Å². The predicted molar refractivity (Wildman–Crippen MR) is 111 cm³/mol. The second-order valence-corrected chi connectivity index (χ2v) is 7.42. The van der Waals surface area contributed by atoms with E-state index in [2.05, 4.69) is 6.92 Å². The maximum absolute atomic E-state index is 10.1. The Morgan fingerprint density at radius 3 is 1.97 bits per heavy atom. The molecule has 0 aliphatic carbocycles. The molecule has 1 aliphatic rings. The topological polar surface area (TPSA) is 109 Å². The van der Waals surface area contributed by atoms with Crippen LogP contribution in [-0.2, 0) is 4.74 Å². The van der Waals surface area contributed by atoms with E-state index in [1.165, 1.54) is 6.42 Å². The Bertz CT molecular complexity index is 760. The fourth-order valence-corrected chi connectivity index (χ4v) is 3.31. The molecule has 1 saturated heterocycles. The van der Waals surface area contributed by atoms with E-state index in [1.807, 2.05) is 36.4 Å². The molecule has 0 saturated carbocycles. The van der Waals surface area contributed by atoms with Gasteiger partial charge in [-0.15, -0.1) is 0 Å². The Kier molecular flexibility index (Phi) is 8.07. The zero-order chi connectivity index (χ0) is 21.5. The number of aliphatic hydroxyl groups excluding tert-OH is 4. The molecule has 2 aromatic rings. The molecule has 1 fully saturated rings. The second kappa shape index (κ2) is 10.7. The third-order valence-electron chi connectivity index (χ3n) is 5.16. The Morgan fingerprint density at radius 2 is 1.40 bits per heavy atom. The van der Waals surface area contributed by atoms with Gasteiger partial charge >= 0.3 is 0 Å². The lowest BCUT2D eigenvalue weighted by atomic mass is 9.99. The SMILES string of the molecule is CCCCCOc1ccc(-c2ccc(O[C@@H]3O[C@H](CO)[C@@H](O)[C@H](O)[C@H]3O)cc2)cc1. The normalized spacial score (nSPS) is 26.4. The largest absolute Gasteiger partial charge is 0.494 e. The number of hydrogen-bond acceptors (Lipinski definition) is 7. The fraction of sp³-hybridized carbons (Fsp3) is 0.478. The molecular formula is C23H30O7. The highest BCUT2D eigenvalue weighted by molar-refractivity contribution is 5.64. The first kappa shape index (κ1) is 22.5. The Balaban J connectivity index is 1.59. The van der Waals surface area contributed by atoms with Crippen LogP contribution in [0.3, 0.4) is 0 Å². The summed E-state index contributed by atoms with van der Waals surface area (Å²) in [6.45, 7) is 2.38. The number of unbranched alkanes of at least 4 members (excludes halogenated alkanes) is 2. The average Bonchev–Trinajstić information content (AvgIpc) is 2.78. The van der Waals surface area contributed by atoms with E-state index in [9.17, 15) is 20.4 Å². The molecule has 4 N–H and O–H groups in total. The van der Waals surface area contributed by atoms with Gasteiger partial charge < -0.3 is 34.6 Å². The third kappa shape index (κ3) is 5.50. The Morgan fingerprint density at radius 1 is 0.800 bits per heavy atom. The monoisotopic (exact) mass is 418 g/mol. The van der Waals surface area contributed by atoms with Gasteiger partial charge in [0.05, 0.1) is 13.2 Å². The first-order valence-electron chi connectivity index (χ1n) is 10.3. The number of rotatable bonds is 9. The quantitative estimate of drug-likeness (QED) is 0.462. The van der Waals surface area contributed by atoms with Crippen molar-refractivity contribution >= 4 is 0 Å². The van der Waals surface area contributed by atoms with Crippen molar-refractivity contribution in [2.24, 2.45) is 0 Å². The maximum Gasteiger partial charge on any atom is 0.229 e. The van der Waals surface area contributed by atoms with Gasteiger partial charge in [-0.2, -0.15) is 0 Å². The molecule has 5 atom stereocenters. The van der Waals surface area contributed by atoms with Gasteiger partial charge in [-0.1, -0.05) is 44.0 Å². The minimum atomic E-state index is -1.47. The van der Waals surface area contributed by atoms with Crippen molar-refractivity contribution in [3.05, 3.63) is 48.5 Å². The predicted octanol–water partition coefficient (Wildman–Crippen LogP) is 2.10. The molecule has 3 rings (SSSR count). The van der Waals surface area contributed by atoms with Gasteiger partial charge in [0.25, 0.3) is 0 Å². The molecular weight excluding hydrogens is 388 g/mol. The van der Waals surface area contributed by atoms with Crippen molar-refractivity contribution in [3.8, 4) is 22.6 Å². The molecule has 1 heterocycles. The van der Waals surface area contributed by atoms with Crippen molar-refractivity contribution in [3.63, 3.8) is 0 Å². The van der Waals surface area contributed by atoms with Gasteiger partial charge in [-0.05, 0) is 41.8 Å². The summed E-state index contributed by atoms with van der Waals surface area (Å²) in [5, 5.41) is 39.0. The number of benzene rings is 2. The molecule has 0 radical (unpaired) electrons. The zero-order valence-electron chi connectivity index (χ0n) is 17.1. The summed E-state index contributed by atoms with van der Waals surface area (Å²) in [6.07, 6.45) is -3.14. The van der Waals surface area contributed by atoms with Crippen LogP contribution in [0.15, 0.2) is 48.5 Å². The molecule has 1 aliphatic heterocycles. The average molecular weight is 418 g/mol. The standard InChI is InChI=1S/C23H30O7/c1-2-3-4-13-28-17-9-5-15(6-10-17)16-7-11-18(12-8-16)29-23-22(27)21(26)20(25)19(14-24)30-23/h5-12,19-27H,2-4,13-14H2,1H3/t19-,20-,21+,22-,23-/m1/s1. The van der Waals surface area contributed by atoms with Crippen LogP contribution >= 0.6 is 0 Å². The fourth-order valence-electron chi connectivity index (χ4n) is 3.31. The minimum Gasteiger partial charge on any atom is -0.494 e. The van der Waals surface area contributed by atoms with E-state index >= 15 is 0 Å². The van der Waals surface area contributed by atoms with Crippen LogP contribution in [0, 0.1) is 0 Å². The summed E-state index contributed by atoms with van der Waals surface area (Å²) >= 11 is 0. The van der Waals surface area contributed by atoms with E-state index in [0.29, 0.717) is 5.75 Å². The van der Waals surface area contributed by atoms with E-state index in [1.54, 1.807) is 12.1 Å². The van der Waals surface area contributed by atoms with Crippen molar-refractivity contribution in [1.82, 2.24) is 0 Å². The molecule has 7 nitrogen and oxygen atoms in total. The second-order valence-electron chi connectivity index (χ2n) is 7.42. The summed E-state index contributed by atoms with van der Waals surface area (Å²) in [5.74, 6) is 1.27. The number of hydrogen-bond donors (Lipinski definition) is 4. The summed E-state index contributed by atoms with van der Waals surface area (Å²) in [4.78, 5) is 0. The highest BCUT2D eigenvalue weighted by atomic mass is 16.7. The lowest BCUT2D eigenvalue weighted by Gasteiger charge is -2.39. The van der Waals surface area contributed by atoms with Crippen LogP contribution in [0.5, 0.6) is 11.5 Å². The van der Waals surface area contributed by atoms with Crippen LogP contribution in [0.2, 0.25) is 0 Å². The van der Waals surface area contributed by atoms with Gasteiger partial charge in [0, 0.05) is 0 Å². The first-order valence-corrected chi connectivity index (χ1v) is 10.3. The lowest BCUT2D eigenvalue weighted by Crippen LogP contribution is -2.60. The first-order chi connectivity index (χ1) is 14.5. The molecule has 0 aromatic heterocycles. The van der Waals surface area contributed by atoms with Crippen LogP contribution in [-0.4, -0.2) is 64.3 Å². The van der Waals surface area contributed by atoms with Crippen LogP contribution in [0.4, 0.5) is 0 Å². The third-order valence-corrected chi connectivity index (χ3v) is 5.16. The van der Waals surface area contributed by atoms with Crippen LogP contribution < -0.4 is 9.47 Å². The van der Waals surface area contributed by atoms with Crippen LogP contribution in [0.25, 0.3) is 11.1 Å². The van der Waals surface area contributed by atoms with Gasteiger partial charge in [-0.3, -0.25) is 0 Å². The number of aliphatic hydroxyl groups is 4. The van der Waals surface area contributed by atoms with Gasteiger partial charge in [0.15, 0.2) is 0 Å². The molecule has 0 bridgehead atoms. The summed E-state index contributed by atoms with van der Waals surface area (Å²) in [7, 11) is 0. The lowest BCUT2D eigenvalue weighted by molar-refractivity contribution is -0.277.